The zero-order valence-electron chi connectivity index (χ0n) is 14.8. The average molecular weight is 399 g/mol. The van der Waals surface area contributed by atoms with Crippen molar-refractivity contribution in [1.82, 2.24) is 20.2 Å². The van der Waals surface area contributed by atoms with E-state index in [4.69, 9.17) is 5.11 Å². The van der Waals surface area contributed by atoms with Gasteiger partial charge in [0.15, 0.2) is 0 Å². The number of aliphatic hydroxyl groups excluding tert-OH is 1. The lowest BCUT2D eigenvalue weighted by atomic mass is 9.80. The first-order valence-corrected chi connectivity index (χ1v) is 10.0. The molecule has 0 radical (unpaired) electrons. The molecule has 1 saturated carbocycles. The maximum Gasteiger partial charge on any atom is 0.142 e. The van der Waals surface area contributed by atoms with Crippen molar-refractivity contribution < 1.29 is 5.11 Å². The molecule has 0 saturated heterocycles. The van der Waals surface area contributed by atoms with Gasteiger partial charge in [-0.25, -0.2) is 9.97 Å². The molecule has 0 spiro atoms. The lowest BCUT2D eigenvalue weighted by Crippen LogP contribution is -2.33. The van der Waals surface area contributed by atoms with Gasteiger partial charge in [-0.3, -0.25) is 0 Å². The largest absolute Gasteiger partial charge is 0.395 e. The number of aromatic nitrogens is 2. The van der Waals surface area contributed by atoms with Crippen LogP contribution in [0, 0.1) is 11.8 Å². The SMILES string of the molecule is CCN(CCO)CC1CCC(CCNCc2ncc(Br)cn2)CC1. The van der Waals surface area contributed by atoms with E-state index < -0.39 is 0 Å². The van der Waals surface area contributed by atoms with E-state index in [0.717, 1.165) is 54.9 Å². The minimum Gasteiger partial charge on any atom is -0.395 e. The molecule has 1 fully saturated rings. The minimum absolute atomic E-state index is 0.275. The number of hydrogen-bond acceptors (Lipinski definition) is 5. The molecule has 0 atom stereocenters. The fourth-order valence-corrected chi connectivity index (χ4v) is 3.73. The van der Waals surface area contributed by atoms with Crippen LogP contribution in [0.2, 0.25) is 0 Å². The highest BCUT2D eigenvalue weighted by Gasteiger charge is 2.22. The molecule has 6 heteroatoms. The van der Waals surface area contributed by atoms with E-state index >= 15 is 0 Å². The summed E-state index contributed by atoms with van der Waals surface area (Å²) < 4.78 is 0.920. The van der Waals surface area contributed by atoms with Crippen molar-refractivity contribution in [2.75, 3.05) is 32.8 Å². The molecule has 2 rings (SSSR count). The van der Waals surface area contributed by atoms with Crippen LogP contribution in [-0.2, 0) is 6.54 Å². The molecule has 0 amide bonds. The van der Waals surface area contributed by atoms with E-state index in [-0.39, 0.29) is 6.61 Å². The summed E-state index contributed by atoms with van der Waals surface area (Å²) in [5.74, 6) is 2.52. The minimum atomic E-state index is 0.275. The zero-order valence-corrected chi connectivity index (χ0v) is 16.3. The standard InChI is InChI=1S/C18H31BrN4O/c1-2-23(9-10-24)14-16-5-3-15(4-6-16)7-8-20-13-18-21-11-17(19)12-22-18/h11-12,15-16,20,24H,2-10,13-14H2,1H3. The predicted molar refractivity (Wildman–Crippen MR) is 101 cm³/mol. The van der Waals surface area contributed by atoms with Gasteiger partial charge in [-0.2, -0.15) is 0 Å². The Morgan fingerprint density at radius 2 is 1.88 bits per heavy atom. The van der Waals surface area contributed by atoms with Crippen LogP contribution < -0.4 is 5.32 Å². The Bertz CT molecular complexity index is 449. The number of nitrogens with zero attached hydrogens (tertiary/aromatic N) is 3. The smallest absolute Gasteiger partial charge is 0.142 e. The van der Waals surface area contributed by atoms with Crippen molar-refractivity contribution in [3.8, 4) is 0 Å². The second-order valence-corrected chi connectivity index (χ2v) is 7.70. The summed E-state index contributed by atoms with van der Waals surface area (Å²) in [7, 11) is 0. The highest BCUT2D eigenvalue weighted by Crippen LogP contribution is 2.31. The average Bonchev–Trinajstić information content (AvgIpc) is 2.61. The molecular weight excluding hydrogens is 368 g/mol. The fourth-order valence-electron chi connectivity index (χ4n) is 3.52. The van der Waals surface area contributed by atoms with Crippen LogP contribution in [0.15, 0.2) is 16.9 Å². The van der Waals surface area contributed by atoms with E-state index in [2.05, 4.69) is 43.0 Å². The van der Waals surface area contributed by atoms with Crippen molar-refractivity contribution in [3.63, 3.8) is 0 Å². The second kappa shape index (κ2) is 11.1. The number of nitrogens with one attached hydrogen (secondary N) is 1. The Balaban J connectivity index is 1.57. The van der Waals surface area contributed by atoms with Crippen LogP contribution in [0.25, 0.3) is 0 Å². The first-order valence-electron chi connectivity index (χ1n) is 9.21. The molecule has 2 N–H and O–H groups in total. The van der Waals surface area contributed by atoms with Crippen molar-refractivity contribution in [2.24, 2.45) is 11.8 Å². The molecule has 1 aromatic rings. The van der Waals surface area contributed by atoms with Gasteiger partial charge >= 0.3 is 0 Å². The van der Waals surface area contributed by atoms with Crippen LogP contribution in [0.3, 0.4) is 0 Å². The molecule has 1 aliphatic rings. The third-order valence-corrected chi connectivity index (χ3v) is 5.44. The number of rotatable bonds is 10. The molecular formula is C18H31BrN4O. The van der Waals surface area contributed by atoms with Gasteiger partial charge in [0.25, 0.3) is 0 Å². The molecule has 24 heavy (non-hydrogen) atoms. The molecule has 0 aromatic carbocycles. The highest BCUT2D eigenvalue weighted by molar-refractivity contribution is 9.10. The Hall–Kier alpha value is -0.560. The first-order chi connectivity index (χ1) is 11.7. The van der Waals surface area contributed by atoms with Gasteiger partial charge < -0.3 is 15.3 Å². The second-order valence-electron chi connectivity index (χ2n) is 6.79. The number of halogens is 1. The molecule has 1 aliphatic carbocycles. The van der Waals surface area contributed by atoms with Gasteiger partial charge in [0.05, 0.1) is 17.6 Å². The van der Waals surface area contributed by atoms with Gasteiger partial charge in [-0.1, -0.05) is 19.8 Å². The molecule has 5 nitrogen and oxygen atoms in total. The van der Waals surface area contributed by atoms with Gasteiger partial charge in [-0.05, 0) is 60.1 Å². The fraction of sp³-hybridized carbons (Fsp3) is 0.778. The summed E-state index contributed by atoms with van der Waals surface area (Å²) in [6, 6.07) is 0. The lowest BCUT2D eigenvalue weighted by Gasteiger charge is -2.32. The van der Waals surface area contributed by atoms with Crippen LogP contribution in [0.1, 0.15) is 44.9 Å². The Labute approximate surface area is 154 Å². The summed E-state index contributed by atoms with van der Waals surface area (Å²) in [6.45, 7) is 7.26. The number of hydrogen-bond donors (Lipinski definition) is 2. The molecule has 0 aliphatic heterocycles. The van der Waals surface area contributed by atoms with Crippen molar-refractivity contribution in [1.29, 1.82) is 0 Å². The van der Waals surface area contributed by atoms with Crippen LogP contribution in [0.5, 0.6) is 0 Å². The maximum atomic E-state index is 9.10. The van der Waals surface area contributed by atoms with Crippen molar-refractivity contribution >= 4 is 15.9 Å². The van der Waals surface area contributed by atoms with Crippen LogP contribution in [-0.4, -0.2) is 52.8 Å². The van der Waals surface area contributed by atoms with Gasteiger partial charge in [-0.15, -0.1) is 0 Å². The van der Waals surface area contributed by atoms with E-state index in [1.54, 1.807) is 12.4 Å². The third-order valence-electron chi connectivity index (χ3n) is 5.03. The lowest BCUT2D eigenvalue weighted by molar-refractivity contribution is 0.153. The topological polar surface area (TPSA) is 61.3 Å². The summed E-state index contributed by atoms with van der Waals surface area (Å²) in [6.07, 6.45) is 10.2. The summed E-state index contributed by atoms with van der Waals surface area (Å²) >= 11 is 3.35. The van der Waals surface area contributed by atoms with Gasteiger partial charge in [0.1, 0.15) is 5.82 Å². The Morgan fingerprint density at radius 3 is 2.50 bits per heavy atom. The number of aliphatic hydroxyl groups is 1. The Morgan fingerprint density at radius 1 is 1.21 bits per heavy atom. The molecule has 136 valence electrons. The maximum absolute atomic E-state index is 9.10. The summed E-state index contributed by atoms with van der Waals surface area (Å²) in [5.41, 5.74) is 0. The predicted octanol–water partition coefficient (Wildman–Crippen LogP) is 2.84. The Kier molecular flexibility index (Phi) is 9.17. The van der Waals surface area contributed by atoms with E-state index in [0.29, 0.717) is 0 Å². The summed E-state index contributed by atoms with van der Waals surface area (Å²) in [4.78, 5) is 10.9. The molecule has 0 bridgehead atoms. The summed E-state index contributed by atoms with van der Waals surface area (Å²) in [5, 5.41) is 12.6. The van der Waals surface area contributed by atoms with Crippen LogP contribution >= 0.6 is 15.9 Å². The molecule has 1 aromatic heterocycles. The molecule has 0 unspecified atom stereocenters. The normalized spacial score (nSPS) is 21.3. The zero-order chi connectivity index (χ0) is 17.2. The molecule has 1 heterocycles. The van der Waals surface area contributed by atoms with Gasteiger partial charge in [0.2, 0.25) is 0 Å². The van der Waals surface area contributed by atoms with Crippen molar-refractivity contribution in [2.45, 2.75) is 45.6 Å². The first kappa shape index (κ1) is 19.8. The number of likely N-dealkylation sites (N-methyl/N-ethyl adjacent to an activating group) is 1. The van der Waals surface area contributed by atoms with E-state index in [9.17, 15) is 0 Å². The van der Waals surface area contributed by atoms with E-state index in [1.807, 2.05) is 0 Å². The highest BCUT2D eigenvalue weighted by atomic mass is 79.9. The van der Waals surface area contributed by atoms with Crippen LogP contribution in [0.4, 0.5) is 0 Å². The quantitative estimate of drug-likeness (QED) is 0.593. The van der Waals surface area contributed by atoms with Gasteiger partial charge in [0, 0.05) is 25.5 Å². The van der Waals surface area contributed by atoms with Crippen molar-refractivity contribution in [3.05, 3.63) is 22.7 Å². The third kappa shape index (κ3) is 7.13. The monoisotopic (exact) mass is 398 g/mol. The van der Waals surface area contributed by atoms with E-state index in [1.165, 1.54) is 32.1 Å².